The summed E-state index contributed by atoms with van der Waals surface area (Å²) in [6.07, 6.45) is 5.63. The molecule has 0 nitrogen and oxygen atoms in total. The van der Waals surface area contributed by atoms with Gasteiger partial charge in [0, 0.05) is 0 Å². The summed E-state index contributed by atoms with van der Waals surface area (Å²) in [6.45, 7) is 9.08. The molecule has 2 rings (SSSR count). The number of hydrogen-bond acceptors (Lipinski definition) is 0. The van der Waals surface area contributed by atoms with Crippen molar-refractivity contribution in [3.05, 3.63) is 40.5 Å². The van der Waals surface area contributed by atoms with Gasteiger partial charge in [-0.15, -0.1) is 0 Å². The van der Waals surface area contributed by atoms with Gasteiger partial charge in [0.25, 0.3) is 0 Å². The summed E-state index contributed by atoms with van der Waals surface area (Å²) in [6, 6.07) is 4.57. The molecule has 0 spiro atoms. The van der Waals surface area contributed by atoms with Crippen LogP contribution in [0.1, 0.15) is 43.0 Å². The summed E-state index contributed by atoms with van der Waals surface area (Å²) in [5.74, 6) is 0. The van der Waals surface area contributed by atoms with E-state index in [1.807, 2.05) is 0 Å². The Morgan fingerprint density at radius 1 is 1.14 bits per heavy atom. The minimum atomic E-state index is 0.259. The SMILES string of the molecule is Cc1c(C(C)(C)C)ccc2c1C=CC2. The Balaban J connectivity index is 2.61. The average molecular weight is 186 g/mol. The zero-order valence-corrected chi connectivity index (χ0v) is 9.52. The zero-order valence-electron chi connectivity index (χ0n) is 9.52. The molecular formula is C14H18. The molecule has 0 atom stereocenters. The molecule has 0 N–H and O–H groups in total. The van der Waals surface area contributed by atoms with Crippen LogP contribution in [0, 0.1) is 6.92 Å². The first-order valence-corrected chi connectivity index (χ1v) is 5.29. The molecule has 1 aromatic rings. The quantitative estimate of drug-likeness (QED) is 0.577. The summed E-state index contributed by atoms with van der Waals surface area (Å²) in [4.78, 5) is 0. The van der Waals surface area contributed by atoms with Gasteiger partial charge in [0.1, 0.15) is 0 Å². The lowest BCUT2D eigenvalue weighted by Crippen LogP contribution is -2.13. The summed E-state index contributed by atoms with van der Waals surface area (Å²) < 4.78 is 0. The molecule has 0 heterocycles. The van der Waals surface area contributed by atoms with Crippen molar-refractivity contribution in [2.75, 3.05) is 0 Å². The number of rotatable bonds is 0. The van der Waals surface area contributed by atoms with Crippen LogP contribution < -0.4 is 0 Å². The Morgan fingerprint density at radius 3 is 2.50 bits per heavy atom. The molecular weight excluding hydrogens is 168 g/mol. The molecule has 0 aromatic heterocycles. The Hall–Kier alpha value is -1.04. The fraction of sp³-hybridized carbons (Fsp3) is 0.429. The molecule has 0 radical (unpaired) electrons. The van der Waals surface area contributed by atoms with Crippen molar-refractivity contribution in [2.24, 2.45) is 0 Å². The van der Waals surface area contributed by atoms with Crippen LogP contribution in [0.4, 0.5) is 0 Å². The zero-order chi connectivity index (χ0) is 10.3. The molecule has 0 saturated carbocycles. The maximum atomic E-state index is 2.29. The Bertz CT molecular complexity index is 389. The third-order valence-electron chi connectivity index (χ3n) is 3.04. The van der Waals surface area contributed by atoms with Gasteiger partial charge in [0.05, 0.1) is 0 Å². The van der Waals surface area contributed by atoms with Crippen LogP contribution in [0.3, 0.4) is 0 Å². The second kappa shape index (κ2) is 2.98. The van der Waals surface area contributed by atoms with Gasteiger partial charge in [-0.05, 0) is 41.0 Å². The molecule has 0 aliphatic heterocycles. The summed E-state index contributed by atoms with van der Waals surface area (Å²) in [5, 5.41) is 0. The molecule has 0 unspecified atom stereocenters. The van der Waals surface area contributed by atoms with E-state index in [9.17, 15) is 0 Å². The van der Waals surface area contributed by atoms with Gasteiger partial charge >= 0.3 is 0 Å². The Labute approximate surface area is 86.7 Å². The highest BCUT2D eigenvalue weighted by Crippen LogP contribution is 2.32. The van der Waals surface area contributed by atoms with E-state index in [1.54, 1.807) is 0 Å². The van der Waals surface area contributed by atoms with Gasteiger partial charge in [-0.1, -0.05) is 45.1 Å². The van der Waals surface area contributed by atoms with E-state index in [1.165, 1.54) is 22.3 Å². The van der Waals surface area contributed by atoms with Gasteiger partial charge in [-0.3, -0.25) is 0 Å². The third-order valence-corrected chi connectivity index (χ3v) is 3.04. The van der Waals surface area contributed by atoms with E-state index in [2.05, 4.69) is 52.0 Å². The molecule has 1 aromatic carbocycles. The third kappa shape index (κ3) is 1.39. The highest BCUT2D eigenvalue weighted by atomic mass is 14.2. The topological polar surface area (TPSA) is 0 Å². The first-order valence-electron chi connectivity index (χ1n) is 5.29. The summed E-state index contributed by atoms with van der Waals surface area (Å²) in [5.41, 5.74) is 6.13. The molecule has 1 aliphatic carbocycles. The van der Waals surface area contributed by atoms with Crippen molar-refractivity contribution in [1.82, 2.24) is 0 Å². The van der Waals surface area contributed by atoms with E-state index >= 15 is 0 Å². The van der Waals surface area contributed by atoms with E-state index in [0.29, 0.717) is 0 Å². The molecule has 0 bridgehead atoms. The Kier molecular flexibility index (Phi) is 2.02. The first-order chi connectivity index (χ1) is 6.50. The van der Waals surface area contributed by atoms with E-state index in [4.69, 9.17) is 0 Å². The molecule has 0 saturated heterocycles. The second-order valence-corrected chi connectivity index (χ2v) is 5.17. The lowest BCUT2D eigenvalue weighted by molar-refractivity contribution is 0.586. The molecule has 0 heteroatoms. The number of allylic oxidation sites excluding steroid dienone is 1. The highest BCUT2D eigenvalue weighted by molar-refractivity contribution is 5.65. The lowest BCUT2D eigenvalue weighted by atomic mass is 9.82. The van der Waals surface area contributed by atoms with Crippen molar-refractivity contribution in [2.45, 2.75) is 39.5 Å². The van der Waals surface area contributed by atoms with Crippen molar-refractivity contribution in [1.29, 1.82) is 0 Å². The molecule has 0 amide bonds. The van der Waals surface area contributed by atoms with E-state index in [0.717, 1.165) is 6.42 Å². The smallest absolute Gasteiger partial charge is 0.00881 e. The van der Waals surface area contributed by atoms with Crippen LogP contribution in [-0.2, 0) is 11.8 Å². The monoisotopic (exact) mass is 186 g/mol. The number of benzene rings is 1. The van der Waals surface area contributed by atoms with Gasteiger partial charge in [-0.25, -0.2) is 0 Å². The number of hydrogen-bond donors (Lipinski definition) is 0. The van der Waals surface area contributed by atoms with Crippen LogP contribution in [0.15, 0.2) is 18.2 Å². The van der Waals surface area contributed by atoms with Crippen LogP contribution in [-0.4, -0.2) is 0 Å². The van der Waals surface area contributed by atoms with Gasteiger partial charge < -0.3 is 0 Å². The summed E-state index contributed by atoms with van der Waals surface area (Å²) >= 11 is 0. The van der Waals surface area contributed by atoms with Crippen molar-refractivity contribution >= 4 is 6.08 Å². The first kappa shape index (κ1) is 9.51. The molecule has 1 aliphatic rings. The van der Waals surface area contributed by atoms with Gasteiger partial charge in [0.2, 0.25) is 0 Å². The van der Waals surface area contributed by atoms with E-state index < -0.39 is 0 Å². The lowest BCUT2D eigenvalue weighted by Gasteiger charge is -2.23. The minimum absolute atomic E-state index is 0.259. The number of fused-ring (bicyclic) bond motifs is 1. The van der Waals surface area contributed by atoms with E-state index in [-0.39, 0.29) is 5.41 Å². The van der Waals surface area contributed by atoms with Crippen LogP contribution >= 0.6 is 0 Å². The van der Waals surface area contributed by atoms with Crippen molar-refractivity contribution < 1.29 is 0 Å². The standard InChI is InChI=1S/C14H18/c1-10-12-7-5-6-11(12)8-9-13(10)14(2,3)4/h5,7-9H,6H2,1-4H3. The van der Waals surface area contributed by atoms with Gasteiger partial charge in [0.15, 0.2) is 0 Å². The molecule has 14 heavy (non-hydrogen) atoms. The fourth-order valence-electron chi connectivity index (χ4n) is 2.31. The Morgan fingerprint density at radius 2 is 1.86 bits per heavy atom. The maximum Gasteiger partial charge on any atom is -0.00881 e. The fourth-order valence-corrected chi connectivity index (χ4v) is 2.31. The highest BCUT2D eigenvalue weighted by Gasteiger charge is 2.19. The van der Waals surface area contributed by atoms with Crippen LogP contribution in [0.2, 0.25) is 0 Å². The van der Waals surface area contributed by atoms with Crippen LogP contribution in [0.5, 0.6) is 0 Å². The average Bonchev–Trinajstić information content (AvgIpc) is 2.50. The maximum absolute atomic E-state index is 2.29. The predicted octanol–water partition coefficient (Wildman–Crippen LogP) is 3.86. The van der Waals surface area contributed by atoms with Crippen LogP contribution in [0.25, 0.3) is 6.08 Å². The molecule has 0 fully saturated rings. The molecule has 74 valence electrons. The minimum Gasteiger partial charge on any atom is -0.0795 e. The largest absolute Gasteiger partial charge is 0.0795 e. The second-order valence-electron chi connectivity index (χ2n) is 5.17. The van der Waals surface area contributed by atoms with Crippen molar-refractivity contribution in [3.8, 4) is 0 Å². The van der Waals surface area contributed by atoms with Crippen molar-refractivity contribution in [3.63, 3.8) is 0 Å². The van der Waals surface area contributed by atoms with Gasteiger partial charge in [-0.2, -0.15) is 0 Å². The summed E-state index contributed by atoms with van der Waals surface area (Å²) in [7, 11) is 0. The normalized spacial score (nSPS) is 14.6. The predicted molar refractivity (Wildman–Crippen MR) is 62.6 cm³/mol.